The Bertz CT molecular complexity index is 550. The van der Waals surface area contributed by atoms with E-state index in [-0.39, 0.29) is 17.5 Å². The topological polar surface area (TPSA) is 46.2 Å². The van der Waals surface area contributed by atoms with E-state index < -0.39 is 9.84 Å². The SMILES string of the molecule is Cc1cc(C)c(C)c(C2CS(=O)(=O)CCN2)c1C. The predicted octanol–water partition coefficient (Wildman–Crippen LogP) is 1.98. The fourth-order valence-corrected chi connectivity index (χ4v) is 4.13. The summed E-state index contributed by atoms with van der Waals surface area (Å²) in [5.41, 5.74) is 6.08. The van der Waals surface area contributed by atoms with Crippen molar-refractivity contribution in [3.63, 3.8) is 0 Å². The summed E-state index contributed by atoms with van der Waals surface area (Å²) < 4.78 is 23.6. The van der Waals surface area contributed by atoms with Gasteiger partial charge in [-0.3, -0.25) is 0 Å². The maximum Gasteiger partial charge on any atom is 0.153 e. The highest BCUT2D eigenvalue weighted by molar-refractivity contribution is 7.91. The molecular weight excluding hydrogens is 246 g/mol. The summed E-state index contributed by atoms with van der Waals surface area (Å²) in [5.74, 6) is 0.476. The van der Waals surface area contributed by atoms with Crippen LogP contribution in [0.5, 0.6) is 0 Å². The van der Waals surface area contributed by atoms with Gasteiger partial charge in [-0.05, 0) is 55.5 Å². The zero-order valence-corrected chi connectivity index (χ0v) is 12.3. The maximum atomic E-state index is 11.8. The van der Waals surface area contributed by atoms with Crippen molar-refractivity contribution in [1.29, 1.82) is 0 Å². The first-order valence-electron chi connectivity index (χ1n) is 6.33. The van der Waals surface area contributed by atoms with Crippen LogP contribution in [0, 0.1) is 27.7 Å². The van der Waals surface area contributed by atoms with E-state index in [4.69, 9.17) is 0 Å². The lowest BCUT2D eigenvalue weighted by atomic mass is 9.90. The van der Waals surface area contributed by atoms with Crippen molar-refractivity contribution in [2.45, 2.75) is 33.7 Å². The van der Waals surface area contributed by atoms with E-state index in [0.717, 1.165) is 0 Å². The van der Waals surface area contributed by atoms with Gasteiger partial charge in [-0.1, -0.05) is 6.07 Å². The lowest BCUT2D eigenvalue weighted by molar-refractivity contribution is 0.528. The number of hydrogen-bond donors (Lipinski definition) is 1. The molecule has 1 saturated heterocycles. The standard InChI is InChI=1S/C14H21NO2S/c1-9-7-10(2)12(4)14(11(9)3)13-8-18(16,17)6-5-15-13/h7,13,15H,5-6,8H2,1-4H3. The molecule has 1 aromatic carbocycles. The zero-order valence-electron chi connectivity index (χ0n) is 11.5. The smallest absolute Gasteiger partial charge is 0.153 e. The largest absolute Gasteiger partial charge is 0.308 e. The Labute approximate surface area is 110 Å². The third-order valence-electron chi connectivity index (χ3n) is 4.00. The Morgan fingerprint density at radius 3 is 2.17 bits per heavy atom. The van der Waals surface area contributed by atoms with Crippen LogP contribution in [0.3, 0.4) is 0 Å². The molecule has 0 radical (unpaired) electrons. The van der Waals surface area contributed by atoms with Crippen molar-refractivity contribution < 1.29 is 8.42 Å². The van der Waals surface area contributed by atoms with E-state index in [1.54, 1.807) is 0 Å². The van der Waals surface area contributed by atoms with Gasteiger partial charge in [0.2, 0.25) is 0 Å². The average Bonchev–Trinajstić information content (AvgIpc) is 2.25. The van der Waals surface area contributed by atoms with Crippen molar-refractivity contribution in [2.75, 3.05) is 18.1 Å². The molecule has 4 heteroatoms. The molecule has 1 unspecified atom stereocenters. The Morgan fingerprint density at radius 1 is 1.11 bits per heavy atom. The van der Waals surface area contributed by atoms with Gasteiger partial charge in [-0.15, -0.1) is 0 Å². The highest BCUT2D eigenvalue weighted by Crippen LogP contribution is 2.29. The fourth-order valence-electron chi connectivity index (χ4n) is 2.74. The highest BCUT2D eigenvalue weighted by Gasteiger charge is 2.28. The van der Waals surface area contributed by atoms with Gasteiger partial charge in [0.15, 0.2) is 9.84 Å². The predicted molar refractivity (Wildman–Crippen MR) is 74.8 cm³/mol. The summed E-state index contributed by atoms with van der Waals surface area (Å²) in [6.45, 7) is 8.89. The molecule has 0 aromatic heterocycles. The molecule has 1 aliphatic heterocycles. The molecule has 18 heavy (non-hydrogen) atoms. The molecule has 100 valence electrons. The molecule has 1 N–H and O–H groups in total. The van der Waals surface area contributed by atoms with Crippen LogP contribution in [0.1, 0.15) is 33.9 Å². The molecule has 0 saturated carbocycles. The lowest BCUT2D eigenvalue weighted by Crippen LogP contribution is -2.39. The van der Waals surface area contributed by atoms with Gasteiger partial charge in [0.25, 0.3) is 0 Å². The molecular formula is C14H21NO2S. The molecule has 0 spiro atoms. The minimum absolute atomic E-state index is 0.0534. The number of nitrogens with one attached hydrogen (secondary N) is 1. The molecule has 1 aliphatic rings. The average molecular weight is 267 g/mol. The number of sulfone groups is 1. The number of hydrogen-bond acceptors (Lipinski definition) is 3. The van der Waals surface area contributed by atoms with E-state index >= 15 is 0 Å². The second-order valence-corrected chi connectivity index (χ2v) is 7.52. The monoisotopic (exact) mass is 267 g/mol. The third-order valence-corrected chi connectivity index (χ3v) is 5.66. The Kier molecular flexibility index (Phi) is 3.52. The molecule has 2 rings (SSSR count). The van der Waals surface area contributed by atoms with E-state index in [2.05, 4.69) is 39.1 Å². The molecule has 0 aliphatic carbocycles. The van der Waals surface area contributed by atoms with Crippen LogP contribution < -0.4 is 5.32 Å². The summed E-state index contributed by atoms with van der Waals surface area (Å²) in [7, 11) is -2.90. The molecule has 1 fully saturated rings. The van der Waals surface area contributed by atoms with Gasteiger partial charge in [0, 0.05) is 12.6 Å². The molecule has 1 heterocycles. The van der Waals surface area contributed by atoms with E-state index in [9.17, 15) is 8.42 Å². The maximum absolute atomic E-state index is 11.8. The van der Waals surface area contributed by atoms with Gasteiger partial charge in [-0.2, -0.15) is 0 Å². The molecule has 1 atom stereocenters. The minimum Gasteiger partial charge on any atom is -0.308 e. The van der Waals surface area contributed by atoms with Crippen LogP contribution in [0.4, 0.5) is 0 Å². The number of rotatable bonds is 1. The molecule has 3 nitrogen and oxygen atoms in total. The first kappa shape index (κ1) is 13.6. The van der Waals surface area contributed by atoms with Crippen molar-refractivity contribution >= 4 is 9.84 Å². The Balaban J connectivity index is 2.51. The zero-order chi connectivity index (χ0) is 13.5. The summed E-state index contributed by atoms with van der Waals surface area (Å²) >= 11 is 0. The van der Waals surface area contributed by atoms with E-state index in [0.29, 0.717) is 6.54 Å². The van der Waals surface area contributed by atoms with Crippen molar-refractivity contribution in [1.82, 2.24) is 5.32 Å². The van der Waals surface area contributed by atoms with Gasteiger partial charge in [-0.25, -0.2) is 8.42 Å². The second kappa shape index (κ2) is 4.67. The van der Waals surface area contributed by atoms with Gasteiger partial charge in [0.1, 0.15) is 0 Å². The second-order valence-electron chi connectivity index (χ2n) is 5.30. The van der Waals surface area contributed by atoms with Gasteiger partial charge >= 0.3 is 0 Å². The molecule has 0 amide bonds. The van der Waals surface area contributed by atoms with Gasteiger partial charge < -0.3 is 5.32 Å². The van der Waals surface area contributed by atoms with Crippen molar-refractivity contribution in [3.05, 3.63) is 33.9 Å². The number of benzene rings is 1. The summed E-state index contributed by atoms with van der Waals surface area (Å²) in [6.07, 6.45) is 0. The third kappa shape index (κ3) is 2.45. The van der Waals surface area contributed by atoms with Gasteiger partial charge in [0.05, 0.1) is 11.5 Å². The normalized spacial score (nSPS) is 23.0. The Hall–Kier alpha value is -0.870. The lowest BCUT2D eigenvalue weighted by Gasteiger charge is -2.28. The van der Waals surface area contributed by atoms with Crippen LogP contribution in [-0.4, -0.2) is 26.5 Å². The summed E-state index contributed by atoms with van der Waals surface area (Å²) in [4.78, 5) is 0. The van der Waals surface area contributed by atoms with Crippen molar-refractivity contribution in [2.24, 2.45) is 0 Å². The van der Waals surface area contributed by atoms with Crippen molar-refractivity contribution in [3.8, 4) is 0 Å². The van der Waals surface area contributed by atoms with Crippen LogP contribution in [0.25, 0.3) is 0 Å². The van der Waals surface area contributed by atoms with Crippen LogP contribution in [-0.2, 0) is 9.84 Å². The first-order chi connectivity index (χ1) is 8.32. The van der Waals surface area contributed by atoms with Crippen LogP contribution >= 0.6 is 0 Å². The minimum atomic E-state index is -2.90. The number of aryl methyl sites for hydroxylation is 2. The summed E-state index contributed by atoms with van der Waals surface area (Å²) in [5, 5.41) is 3.35. The van der Waals surface area contributed by atoms with E-state index in [1.165, 1.54) is 27.8 Å². The quantitative estimate of drug-likeness (QED) is 0.846. The van der Waals surface area contributed by atoms with Crippen LogP contribution in [0.15, 0.2) is 6.07 Å². The van der Waals surface area contributed by atoms with E-state index in [1.807, 2.05) is 0 Å². The Morgan fingerprint density at radius 2 is 1.67 bits per heavy atom. The first-order valence-corrected chi connectivity index (χ1v) is 8.15. The fraction of sp³-hybridized carbons (Fsp3) is 0.571. The summed E-state index contributed by atoms with van der Waals surface area (Å²) in [6, 6.07) is 2.12. The molecule has 0 bridgehead atoms. The molecule has 1 aromatic rings. The van der Waals surface area contributed by atoms with Crippen LogP contribution in [0.2, 0.25) is 0 Å². The highest BCUT2D eigenvalue weighted by atomic mass is 32.2.